The minimum absolute atomic E-state index is 0.670. The first-order valence-electron chi connectivity index (χ1n) is 6.67. The number of benzene rings is 1. The van der Waals surface area contributed by atoms with Crippen LogP contribution in [0.4, 0.5) is 5.69 Å². The number of nitrogens with one attached hydrogen (secondary N) is 2. The highest BCUT2D eigenvalue weighted by Gasteiger charge is 2.03. The Bertz CT molecular complexity index is 686. The molecule has 0 saturated carbocycles. The van der Waals surface area contributed by atoms with Crippen molar-refractivity contribution in [2.75, 3.05) is 19.0 Å². The minimum Gasteiger partial charge on any atom is -0.383 e. The van der Waals surface area contributed by atoms with E-state index in [1.165, 1.54) is 16.5 Å². The van der Waals surface area contributed by atoms with Crippen LogP contribution in [0, 0.1) is 0 Å². The molecule has 20 heavy (non-hydrogen) atoms. The number of aromatic nitrogens is 3. The normalized spacial score (nSPS) is 11.1. The highest BCUT2D eigenvalue weighted by Crippen LogP contribution is 2.18. The molecule has 0 spiro atoms. The molecule has 0 fully saturated rings. The number of aromatic amines is 1. The molecule has 0 aliphatic carbocycles. The number of fused-ring (bicyclic) bond motifs is 1. The smallest absolute Gasteiger partial charge is 0.0729 e. The van der Waals surface area contributed by atoms with Gasteiger partial charge >= 0.3 is 0 Å². The average molecular weight is 270 g/mol. The third kappa shape index (κ3) is 2.67. The molecule has 1 aromatic carbocycles. The summed E-state index contributed by atoms with van der Waals surface area (Å²) in [6.07, 6.45) is 5.80. The largest absolute Gasteiger partial charge is 0.383 e. The summed E-state index contributed by atoms with van der Waals surface area (Å²) in [6.45, 7) is 2.21. The molecule has 3 rings (SSSR count). The van der Waals surface area contributed by atoms with Gasteiger partial charge in [0.05, 0.1) is 30.6 Å². The Kier molecular flexibility index (Phi) is 3.69. The molecule has 0 aliphatic heterocycles. The number of hydrogen-bond donors (Lipinski definition) is 2. The Morgan fingerprint density at radius 2 is 2.30 bits per heavy atom. The van der Waals surface area contributed by atoms with Crippen LogP contribution in [0.15, 0.2) is 42.9 Å². The molecule has 0 bridgehead atoms. The van der Waals surface area contributed by atoms with Crippen molar-refractivity contribution in [3.63, 3.8) is 0 Å². The van der Waals surface area contributed by atoms with E-state index in [1.54, 1.807) is 7.11 Å². The Labute approximate surface area is 117 Å². The maximum atomic E-state index is 5.04. The molecular formula is C15H18N4O. The molecule has 5 heteroatoms. The second-order valence-corrected chi connectivity index (χ2v) is 4.70. The van der Waals surface area contributed by atoms with Crippen molar-refractivity contribution in [1.29, 1.82) is 0 Å². The van der Waals surface area contributed by atoms with Crippen molar-refractivity contribution in [2.24, 2.45) is 0 Å². The van der Waals surface area contributed by atoms with Gasteiger partial charge in [-0.05, 0) is 17.0 Å². The van der Waals surface area contributed by atoms with Crippen LogP contribution in [-0.4, -0.2) is 28.5 Å². The van der Waals surface area contributed by atoms with Crippen LogP contribution in [0.2, 0.25) is 0 Å². The van der Waals surface area contributed by atoms with Crippen LogP contribution >= 0.6 is 0 Å². The quantitative estimate of drug-likeness (QED) is 0.724. The molecule has 3 aromatic rings. The van der Waals surface area contributed by atoms with E-state index in [1.807, 2.05) is 23.3 Å². The SMILES string of the molecule is COCCn1cc(NCc2cccc3cc[nH]c23)cn1. The fourth-order valence-electron chi connectivity index (χ4n) is 2.26. The summed E-state index contributed by atoms with van der Waals surface area (Å²) in [4.78, 5) is 3.28. The van der Waals surface area contributed by atoms with Crippen molar-refractivity contribution in [3.05, 3.63) is 48.4 Å². The molecule has 2 aromatic heterocycles. The molecule has 0 unspecified atom stereocenters. The summed E-state index contributed by atoms with van der Waals surface area (Å²) < 4.78 is 6.91. The van der Waals surface area contributed by atoms with Crippen LogP contribution < -0.4 is 5.32 Å². The highest BCUT2D eigenvalue weighted by atomic mass is 16.5. The van der Waals surface area contributed by atoms with Crippen LogP contribution in [0.3, 0.4) is 0 Å². The van der Waals surface area contributed by atoms with E-state index in [9.17, 15) is 0 Å². The summed E-state index contributed by atoms with van der Waals surface area (Å²) in [5, 5.41) is 8.92. The van der Waals surface area contributed by atoms with E-state index >= 15 is 0 Å². The number of anilines is 1. The second kappa shape index (κ2) is 5.79. The van der Waals surface area contributed by atoms with Gasteiger partial charge in [0.1, 0.15) is 0 Å². The molecule has 0 radical (unpaired) electrons. The third-order valence-corrected chi connectivity index (χ3v) is 3.31. The van der Waals surface area contributed by atoms with Gasteiger partial charge in [-0.1, -0.05) is 18.2 Å². The number of nitrogens with zero attached hydrogens (tertiary/aromatic N) is 2. The van der Waals surface area contributed by atoms with Gasteiger partial charge in [0.15, 0.2) is 0 Å². The van der Waals surface area contributed by atoms with Gasteiger partial charge in [-0.25, -0.2) is 0 Å². The van der Waals surface area contributed by atoms with Crippen LogP contribution in [0.25, 0.3) is 10.9 Å². The molecule has 2 N–H and O–H groups in total. The van der Waals surface area contributed by atoms with Crippen molar-refractivity contribution >= 4 is 16.6 Å². The minimum atomic E-state index is 0.670. The standard InChI is InChI=1S/C15H18N4O/c1-20-8-7-19-11-14(10-18-19)17-9-13-4-2-3-12-5-6-16-15(12)13/h2-6,10-11,16-17H,7-9H2,1H3. The molecular weight excluding hydrogens is 252 g/mol. The average Bonchev–Trinajstić information content (AvgIpc) is 3.11. The number of hydrogen-bond acceptors (Lipinski definition) is 3. The molecule has 2 heterocycles. The van der Waals surface area contributed by atoms with Gasteiger partial charge in [-0.15, -0.1) is 0 Å². The zero-order chi connectivity index (χ0) is 13.8. The Morgan fingerprint density at radius 3 is 3.20 bits per heavy atom. The Balaban J connectivity index is 1.67. The van der Waals surface area contributed by atoms with E-state index in [0.29, 0.717) is 6.61 Å². The Hall–Kier alpha value is -2.27. The van der Waals surface area contributed by atoms with Crippen molar-refractivity contribution in [1.82, 2.24) is 14.8 Å². The predicted molar refractivity (Wildman–Crippen MR) is 79.7 cm³/mol. The topological polar surface area (TPSA) is 54.9 Å². The number of ether oxygens (including phenoxy) is 1. The van der Waals surface area contributed by atoms with E-state index < -0.39 is 0 Å². The molecule has 104 valence electrons. The van der Waals surface area contributed by atoms with Crippen LogP contribution in [-0.2, 0) is 17.8 Å². The van der Waals surface area contributed by atoms with Gasteiger partial charge in [0, 0.05) is 26.0 Å². The summed E-state index contributed by atoms with van der Waals surface area (Å²) in [6, 6.07) is 8.40. The van der Waals surface area contributed by atoms with Gasteiger partial charge in [0.25, 0.3) is 0 Å². The lowest BCUT2D eigenvalue weighted by atomic mass is 10.1. The lowest BCUT2D eigenvalue weighted by Crippen LogP contribution is -2.04. The first-order chi connectivity index (χ1) is 9.86. The number of H-pyrrole nitrogens is 1. The van der Waals surface area contributed by atoms with Gasteiger partial charge in [-0.2, -0.15) is 5.10 Å². The summed E-state index contributed by atoms with van der Waals surface area (Å²) in [5.41, 5.74) is 3.45. The Morgan fingerprint density at radius 1 is 1.35 bits per heavy atom. The molecule has 0 saturated heterocycles. The summed E-state index contributed by atoms with van der Waals surface area (Å²) in [5.74, 6) is 0. The van der Waals surface area contributed by atoms with E-state index in [0.717, 1.165) is 18.8 Å². The molecule has 0 aliphatic rings. The van der Waals surface area contributed by atoms with E-state index in [-0.39, 0.29) is 0 Å². The lowest BCUT2D eigenvalue weighted by Gasteiger charge is -2.05. The van der Waals surface area contributed by atoms with Gasteiger partial charge in [0.2, 0.25) is 0 Å². The fourth-order valence-corrected chi connectivity index (χ4v) is 2.26. The molecule has 0 amide bonds. The van der Waals surface area contributed by atoms with Crippen LogP contribution in [0.1, 0.15) is 5.56 Å². The van der Waals surface area contributed by atoms with E-state index in [4.69, 9.17) is 4.74 Å². The van der Waals surface area contributed by atoms with Crippen molar-refractivity contribution < 1.29 is 4.74 Å². The summed E-state index contributed by atoms with van der Waals surface area (Å²) in [7, 11) is 1.69. The van der Waals surface area contributed by atoms with E-state index in [2.05, 4.69) is 39.7 Å². The van der Waals surface area contributed by atoms with Crippen LogP contribution in [0.5, 0.6) is 0 Å². The molecule has 0 atom stereocenters. The monoisotopic (exact) mass is 270 g/mol. The zero-order valence-electron chi connectivity index (χ0n) is 11.5. The maximum absolute atomic E-state index is 5.04. The fraction of sp³-hybridized carbons (Fsp3) is 0.267. The number of rotatable bonds is 6. The van der Waals surface area contributed by atoms with Crippen molar-refractivity contribution in [2.45, 2.75) is 13.1 Å². The summed E-state index contributed by atoms with van der Waals surface area (Å²) >= 11 is 0. The number of para-hydroxylation sites is 1. The second-order valence-electron chi connectivity index (χ2n) is 4.70. The zero-order valence-corrected chi connectivity index (χ0v) is 11.5. The first-order valence-corrected chi connectivity index (χ1v) is 6.67. The lowest BCUT2D eigenvalue weighted by molar-refractivity contribution is 0.183. The number of methoxy groups -OCH3 is 1. The third-order valence-electron chi connectivity index (χ3n) is 3.31. The van der Waals surface area contributed by atoms with Crippen molar-refractivity contribution in [3.8, 4) is 0 Å². The predicted octanol–water partition coefficient (Wildman–Crippen LogP) is 2.62. The maximum Gasteiger partial charge on any atom is 0.0729 e. The molecule has 5 nitrogen and oxygen atoms in total. The highest BCUT2D eigenvalue weighted by molar-refractivity contribution is 5.82. The van der Waals surface area contributed by atoms with Gasteiger partial charge < -0.3 is 15.0 Å². The first kappa shape index (κ1) is 12.7. The van der Waals surface area contributed by atoms with Gasteiger partial charge in [-0.3, -0.25) is 4.68 Å².